The summed E-state index contributed by atoms with van der Waals surface area (Å²) in [5.41, 5.74) is 3.08. The van der Waals surface area contributed by atoms with Crippen molar-refractivity contribution in [3.8, 4) is 5.69 Å². The van der Waals surface area contributed by atoms with Gasteiger partial charge in [-0.25, -0.2) is 4.98 Å². The van der Waals surface area contributed by atoms with Crippen molar-refractivity contribution in [1.82, 2.24) is 14.5 Å². The van der Waals surface area contributed by atoms with Crippen LogP contribution in [0.2, 0.25) is 0 Å². The van der Waals surface area contributed by atoms with Crippen LogP contribution >= 0.6 is 23.1 Å². The van der Waals surface area contributed by atoms with Crippen LogP contribution in [0.3, 0.4) is 0 Å². The van der Waals surface area contributed by atoms with Gasteiger partial charge in [0.15, 0.2) is 5.16 Å². The molecular formula is C26H25N3O3S2. The minimum atomic E-state index is -0.316. The van der Waals surface area contributed by atoms with E-state index in [9.17, 15) is 9.59 Å². The van der Waals surface area contributed by atoms with E-state index in [0.29, 0.717) is 17.1 Å². The first-order valence-corrected chi connectivity index (χ1v) is 13.1. The molecular weight excluding hydrogens is 466 g/mol. The molecule has 0 N–H and O–H groups in total. The molecule has 3 heterocycles. The molecule has 5 rings (SSSR count). The van der Waals surface area contributed by atoms with Gasteiger partial charge >= 0.3 is 5.97 Å². The largest absolute Gasteiger partial charge is 0.465 e. The lowest BCUT2D eigenvalue weighted by Gasteiger charge is -2.26. The summed E-state index contributed by atoms with van der Waals surface area (Å²) in [6.45, 7) is 4.70. The first kappa shape index (κ1) is 22.8. The maximum atomic E-state index is 13.8. The molecule has 1 aliphatic heterocycles. The van der Waals surface area contributed by atoms with E-state index in [-0.39, 0.29) is 17.3 Å². The van der Waals surface area contributed by atoms with Crippen molar-refractivity contribution in [2.75, 3.05) is 18.9 Å². The van der Waals surface area contributed by atoms with Crippen molar-refractivity contribution in [1.29, 1.82) is 0 Å². The Morgan fingerprint density at radius 2 is 1.85 bits per heavy atom. The number of thioether (sulfide) groups is 1. The van der Waals surface area contributed by atoms with Crippen LogP contribution in [-0.4, -0.2) is 39.3 Å². The minimum Gasteiger partial charge on any atom is -0.465 e. The molecule has 0 aliphatic carbocycles. The molecule has 0 fully saturated rings. The number of ether oxygens (including phenoxy) is 1. The zero-order valence-corrected chi connectivity index (χ0v) is 20.5. The molecule has 0 saturated heterocycles. The van der Waals surface area contributed by atoms with Gasteiger partial charge in [-0.3, -0.25) is 19.1 Å². The fourth-order valence-corrected chi connectivity index (χ4v) is 6.39. The second kappa shape index (κ2) is 10.1. The predicted octanol–water partition coefficient (Wildman–Crippen LogP) is 4.66. The smallest absolute Gasteiger partial charge is 0.316 e. The lowest BCUT2D eigenvalue weighted by atomic mass is 10.0. The van der Waals surface area contributed by atoms with E-state index in [1.165, 1.54) is 22.2 Å². The molecule has 0 spiro atoms. The second-order valence-corrected chi connectivity index (χ2v) is 10.1. The summed E-state index contributed by atoms with van der Waals surface area (Å²) in [4.78, 5) is 35.0. The number of aromatic nitrogens is 2. The lowest BCUT2D eigenvalue weighted by molar-refractivity contribution is -0.139. The standard InChI is InChI=1S/C26H25N3O3S2/c1-2-32-22(30)17-33-26-27-24-23(25(31)29(26)19-11-7-4-8-12-19)20-13-14-28(16-21(20)34-24)15-18-9-5-3-6-10-18/h3-12H,2,13-17H2,1H3. The number of carbonyl (C=O) groups is 1. The second-order valence-electron chi connectivity index (χ2n) is 8.09. The highest BCUT2D eigenvalue weighted by Crippen LogP contribution is 2.34. The third-order valence-corrected chi connectivity index (χ3v) is 7.83. The fraction of sp³-hybridized carbons (Fsp3) is 0.269. The van der Waals surface area contributed by atoms with Gasteiger partial charge in [-0.2, -0.15) is 0 Å². The number of esters is 1. The van der Waals surface area contributed by atoms with E-state index >= 15 is 0 Å². The first-order valence-electron chi connectivity index (χ1n) is 11.3. The lowest BCUT2D eigenvalue weighted by Crippen LogP contribution is -2.30. The van der Waals surface area contributed by atoms with Crippen LogP contribution in [0.15, 0.2) is 70.6 Å². The van der Waals surface area contributed by atoms with Crippen LogP contribution in [0.5, 0.6) is 0 Å². The molecule has 0 atom stereocenters. The van der Waals surface area contributed by atoms with Gasteiger partial charge in [0.25, 0.3) is 5.56 Å². The number of para-hydroxylation sites is 1. The molecule has 34 heavy (non-hydrogen) atoms. The van der Waals surface area contributed by atoms with Gasteiger partial charge in [0, 0.05) is 24.5 Å². The van der Waals surface area contributed by atoms with Gasteiger partial charge in [-0.15, -0.1) is 11.3 Å². The Morgan fingerprint density at radius 1 is 1.12 bits per heavy atom. The maximum Gasteiger partial charge on any atom is 0.316 e. The SMILES string of the molecule is CCOC(=O)CSc1nc2sc3c(c2c(=O)n1-c1ccccc1)CCN(Cc1ccccc1)C3. The number of fused-ring (bicyclic) bond motifs is 3. The zero-order valence-electron chi connectivity index (χ0n) is 18.9. The van der Waals surface area contributed by atoms with Crippen LogP contribution in [0.1, 0.15) is 22.9 Å². The van der Waals surface area contributed by atoms with Gasteiger partial charge in [-0.05, 0) is 36.6 Å². The van der Waals surface area contributed by atoms with Gasteiger partial charge in [0.05, 0.1) is 23.4 Å². The Labute approximate surface area is 206 Å². The molecule has 2 aromatic heterocycles. The Morgan fingerprint density at radius 3 is 2.59 bits per heavy atom. The van der Waals surface area contributed by atoms with Crippen LogP contribution in [0, 0.1) is 0 Å². The molecule has 0 unspecified atom stereocenters. The summed E-state index contributed by atoms with van der Waals surface area (Å²) >= 11 is 2.84. The fourth-order valence-electron chi connectivity index (χ4n) is 4.28. The summed E-state index contributed by atoms with van der Waals surface area (Å²) in [7, 11) is 0. The Balaban J connectivity index is 1.53. The normalized spacial score (nSPS) is 13.7. The Kier molecular flexibility index (Phi) is 6.80. The molecule has 2 aromatic carbocycles. The van der Waals surface area contributed by atoms with Crippen molar-refractivity contribution in [3.05, 3.63) is 87.0 Å². The number of carbonyl (C=O) groups excluding carboxylic acids is 1. The van der Waals surface area contributed by atoms with Crippen molar-refractivity contribution in [2.24, 2.45) is 0 Å². The summed E-state index contributed by atoms with van der Waals surface area (Å²) in [6.07, 6.45) is 0.823. The van der Waals surface area contributed by atoms with Crippen LogP contribution in [-0.2, 0) is 29.0 Å². The quantitative estimate of drug-likeness (QED) is 0.213. The Bertz CT molecular complexity index is 1370. The highest BCUT2D eigenvalue weighted by atomic mass is 32.2. The summed E-state index contributed by atoms with van der Waals surface area (Å²) in [5.74, 6) is -0.210. The van der Waals surface area contributed by atoms with Crippen molar-refractivity contribution in [2.45, 2.75) is 31.6 Å². The van der Waals surface area contributed by atoms with E-state index in [0.717, 1.165) is 42.1 Å². The van der Waals surface area contributed by atoms with Crippen molar-refractivity contribution >= 4 is 39.3 Å². The number of nitrogens with zero attached hydrogens (tertiary/aromatic N) is 3. The van der Waals surface area contributed by atoms with E-state index in [1.54, 1.807) is 22.8 Å². The molecule has 6 nitrogen and oxygen atoms in total. The number of hydrogen-bond acceptors (Lipinski definition) is 7. The summed E-state index contributed by atoms with van der Waals surface area (Å²) in [5, 5.41) is 1.22. The maximum absolute atomic E-state index is 13.8. The van der Waals surface area contributed by atoms with E-state index < -0.39 is 0 Å². The van der Waals surface area contributed by atoms with E-state index in [2.05, 4.69) is 29.2 Å². The molecule has 1 aliphatic rings. The van der Waals surface area contributed by atoms with Crippen molar-refractivity contribution in [3.63, 3.8) is 0 Å². The average Bonchev–Trinajstić information content (AvgIpc) is 3.22. The molecule has 0 saturated carbocycles. The minimum absolute atomic E-state index is 0.0726. The first-order chi connectivity index (χ1) is 16.6. The van der Waals surface area contributed by atoms with E-state index in [4.69, 9.17) is 9.72 Å². The molecule has 4 aromatic rings. The van der Waals surface area contributed by atoms with Gasteiger partial charge in [0.2, 0.25) is 0 Å². The van der Waals surface area contributed by atoms with Gasteiger partial charge in [0.1, 0.15) is 4.83 Å². The third kappa shape index (κ3) is 4.66. The molecule has 0 bridgehead atoms. The number of benzene rings is 2. The summed E-state index contributed by atoms with van der Waals surface area (Å²) in [6, 6.07) is 20.0. The van der Waals surface area contributed by atoms with Crippen LogP contribution in [0.25, 0.3) is 15.9 Å². The predicted molar refractivity (Wildman–Crippen MR) is 137 cm³/mol. The summed E-state index contributed by atoms with van der Waals surface area (Å²) < 4.78 is 6.71. The zero-order chi connectivity index (χ0) is 23.5. The molecule has 0 radical (unpaired) electrons. The molecule has 0 amide bonds. The van der Waals surface area contributed by atoms with Crippen LogP contribution in [0.4, 0.5) is 0 Å². The number of thiophene rings is 1. The number of hydrogen-bond donors (Lipinski definition) is 0. The molecule has 8 heteroatoms. The third-order valence-electron chi connectivity index (χ3n) is 5.81. The average molecular weight is 492 g/mol. The number of rotatable bonds is 7. The van der Waals surface area contributed by atoms with Crippen molar-refractivity contribution < 1.29 is 9.53 Å². The highest BCUT2D eigenvalue weighted by molar-refractivity contribution is 7.99. The van der Waals surface area contributed by atoms with Crippen LogP contribution < -0.4 is 5.56 Å². The van der Waals surface area contributed by atoms with Gasteiger partial charge in [-0.1, -0.05) is 60.3 Å². The van der Waals surface area contributed by atoms with E-state index in [1.807, 2.05) is 36.4 Å². The monoisotopic (exact) mass is 491 g/mol. The highest BCUT2D eigenvalue weighted by Gasteiger charge is 2.26. The topological polar surface area (TPSA) is 64.4 Å². The Hall–Kier alpha value is -2.94. The van der Waals surface area contributed by atoms with Gasteiger partial charge < -0.3 is 4.74 Å². The molecule has 174 valence electrons.